The van der Waals surface area contributed by atoms with Crippen molar-refractivity contribution in [1.29, 1.82) is 0 Å². The minimum absolute atomic E-state index is 0.0621. The first kappa shape index (κ1) is 13.9. The Balaban J connectivity index is 3.70. The minimum atomic E-state index is -0.518. The van der Waals surface area contributed by atoms with E-state index < -0.39 is 6.04 Å². The Bertz CT molecular complexity index is 217. The van der Waals surface area contributed by atoms with Crippen molar-refractivity contribution in [3.05, 3.63) is 0 Å². The van der Waals surface area contributed by atoms with Gasteiger partial charge >= 0.3 is 5.97 Å². The molecule has 2 unspecified atom stereocenters. The molecule has 5 heteroatoms. The van der Waals surface area contributed by atoms with E-state index in [-0.39, 0.29) is 17.9 Å². The molecule has 0 aromatic rings. The molecule has 15 heavy (non-hydrogen) atoms. The maximum atomic E-state index is 11.2. The topological polar surface area (TPSA) is 81.4 Å². The normalized spacial score (nSPS) is 14.1. The lowest BCUT2D eigenvalue weighted by Gasteiger charge is -2.14. The second-order valence-electron chi connectivity index (χ2n) is 3.54. The quantitative estimate of drug-likeness (QED) is 0.621. The highest BCUT2D eigenvalue weighted by molar-refractivity contribution is 5.81. The third-order valence-electron chi connectivity index (χ3n) is 1.89. The van der Waals surface area contributed by atoms with E-state index in [1.54, 1.807) is 13.8 Å². The molecule has 0 aromatic carbocycles. The fourth-order valence-corrected chi connectivity index (χ4v) is 1.01. The summed E-state index contributed by atoms with van der Waals surface area (Å²) >= 11 is 0. The SMILES string of the molecule is CCOC(=O)CCC(C)NC(=O)C(C)N. The number of hydrogen-bond donors (Lipinski definition) is 2. The second kappa shape index (κ2) is 7.23. The van der Waals surface area contributed by atoms with Crippen LogP contribution in [0.2, 0.25) is 0 Å². The summed E-state index contributed by atoms with van der Waals surface area (Å²) in [6.07, 6.45) is 0.880. The molecule has 3 N–H and O–H groups in total. The molecule has 0 rings (SSSR count). The van der Waals surface area contributed by atoms with Crippen molar-refractivity contribution in [3.8, 4) is 0 Å². The second-order valence-corrected chi connectivity index (χ2v) is 3.54. The van der Waals surface area contributed by atoms with Gasteiger partial charge in [0.1, 0.15) is 0 Å². The molecule has 0 aliphatic heterocycles. The van der Waals surface area contributed by atoms with E-state index in [2.05, 4.69) is 5.32 Å². The largest absolute Gasteiger partial charge is 0.466 e. The molecule has 0 radical (unpaired) electrons. The van der Waals surface area contributed by atoms with E-state index in [0.29, 0.717) is 19.4 Å². The van der Waals surface area contributed by atoms with Crippen LogP contribution in [-0.2, 0) is 14.3 Å². The van der Waals surface area contributed by atoms with Gasteiger partial charge in [0.25, 0.3) is 0 Å². The number of nitrogens with two attached hydrogens (primary N) is 1. The summed E-state index contributed by atoms with van der Waals surface area (Å²) in [6.45, 7) is 5.60. The predicted molar refractivity (Wildman–Crippen MR) is 57.1 cm³/mol. The highest BCUT2D eigenvalue weighted by Crippen LogP contribution is 1.98. The lowest BCUT2D eigenvalue weighted by molar-refractivity contribution is -0.143. The van der Waals surface area contributed by atoms with Crippen LogP contribution in [-0.4, -0.2) is 30.6 Å². The number of rotatable bonds is 6. The van der Waals surface area contributed by atoms with Crippen molar-refractivity contribution >= 4 is 11.9 Å². The summed E-state index contributed by atoms with van der Waals surface area (Å²) in [5, 5.41) is 2.71. The molecule has 0 heterocycles. The summed E-state index contributed by atoms with van der Waals surface area (Å²) in [5.41, 5.74) is 5.38. The van der Waals surface area contributed by atoms with Crippen LogP contribution in [0.1, 0.15) is 33.6 Å². The number of ether oxygens (including phenoxy) is 1. The Morgan fingerprint density at radius 2 is 2.00 bits per heavy atom. The zero-order chi connectivity index (χ0) is 11.8. The molecule has 1 amide bonds. The first-order valence-electron chi connectivity index (χ1n) is 5.19. The van der Waals surface area contributed by atoms with Gasteiger partial charge in [0.15, 0.2) is 0 Å². The van der Waals surface area contributed by atoms with Gasteiger partial charge in [-0.3, -0.25) is 9.59 Å². The van der Waals surface area contributed by atoms with Crippen molar-refractivity contribution in [3.63, 3.8) is 0 Å². The number of amides is 1. The molecule has 0 saturated carbocycles. The van der Waals surface area contributed by atoms with Crippen LogP contribution >= 0.6 is 0 Å². The highest BCUT2D eigenvalue weighted by atomic mass is 16.5. The van der Waals surface area contributed by atoms with Gasteiger partial charge < -0.3 is 15.8 Å². The Kier molecular flexibility index (Phi) is 6.70. The first-order chi connectivity index (χ1) is 6.97. The van der Waals surface area contributed by atoms with Crippen LogP contribution in [0.3, 0.4) is 0 Å². The Morgan fingerprint density at radius 3 is 2.47 bits per heavy atom. The number of carbonyl (C=O) groups is 2. The minimum Gasteiger partial charge on any atom is -0.466 e. The molecule has 0 fully saturated rings. The highest BCUT2D eigenvalue weighted by Gasteiger charge is 2.12. The van der Waals surface area contributed by atoms with Crippen LogP contribution in [0.5, 0.6) is 0 Å². The molecule has 5 nitrogen and oxygen atoms in total. The van der Waals surface area contributed by atoms with Crippen LogP contribution in [0.15, 0.2) is 0 Å². The van der Waals surface area contributed by atoms with Crippen LogP contribution in [0, 0.1) is 0 Å². The maximum absolute atomic E-state index is 11.2. The average Bonchev–Trinajstić information content (AvgIpc) is 2.15. The van der Waals surface area contributed by atoms with Crippen molar-refractivity contribution < 1.29 is 14.3 Å². The van der Waals surface area contributed by atoms with Crippen molar-refractivity contribution in [2.24, 2.45) is 5.73 Å². The molecule has 0 spiro atoms. The van der Waals surface area contributed by atoms with E-state index in [4.69, 9.17) is 10.5 Å². The van der Waals surface area contributed by atoms with Crippen LogP contribution in [0.4, 0.5) is 0 Å². The van der Waals surface area contributed by atoms with Gasteiger partial charge in [-0.15, -0.1) is 0 Å². The van der Waals surface area contributed by atoms with Gasteiger partial charge in [0.05, 0.1) is 12.6 Å². The van der Waals surface area contributed by atoms with Crippen LogP contribution in [0.25, 0.3) is 0 Å². The fourth-order valence-electron chi connectivity index (χ4n) is 1.01. The van der Waals surface area contributed by atoms with E-state index in [0.717, 1.165) is 0 Å². The Hall–Kier alpha value is -1.10. The number of nitrogens with one attached hydrogen (secondary N) is 1. The van der Waals surface area contributed by atoms with E-state index in [9.17, 15) is 9.59 Å². The van der Waals surface area contributed by atoms with Gasteiger partial charge in [-0.2, -0.15) is 0 Å². The van der Waals surface area contributed by atoms with Gasteiger partial charge in [0, 0.05) is 12.5 Å². The smallest absolute Gasteiger partial charge is 0.305 e. The summed E-state index contributed by atoms with van der Waals surface area (Å²) < 4.78 is 4.77. The molecule has 0 aromatic heterocycles. The standard InChI is InChI=1S/C10H20N2O3/c1-4-15-9(13)6-5-7(2)12-10(14)8(3)11/h7-8H,4-6,11H2,1-3H3,(H,12,14). The predicted octanol–water partition coefficient (Wildman–Crippen LogP) is 0.182. The molecule has 0 aliphatic carbocycles. The lowest BCUT2D eigenvalue weighted by Crippen LogP contribution is -2.42. The zero-order valence-corrected chi connectivity index (χ0v) is 9.58. The van der Waals surface area contributed by atoms with Crippen molar-refractivity contribution in [2.45, 2.75) is 45.7 Å². The molecule has 88 valence electrons. The van der Waals surface area contributed by atoms with Gasteiger partial charge in [-0.1, -0.05) is 0 Å². The van der Waals surface area contributed by atoms with Gasteiger partial charge in [0.2, 0.25) is 5.91 Å². The van der Waals surface area contributed by atoms with Crippen molar-refractivity contribution in [2.75, 3.05) is 6.61 Å². The molecule has 2 atom stereocenters. The molecular formula is C10H20N2O3. The Morgan fingerprint density at radius 1 is 1.40 bits per heavy atom. The van der Waals surface area contributed by atoms with Gasteiger partial charge in [-0.05, 0) is 27.2 Å². The monoisotopic (exact) mass is 216 g/mol. The van der Waals surface area contributed by atoms with Crippen LogP contribution < -0.4 is 11.1 Å². The number of carbonyl (C=O) groups excluding carboxylic acids is 2. The van der Waals surface area contributed by atoms with E-state index in [1.165, 1.54) is 0 Å². The third kappa shape index (κ3) is 6.90. The molecule has 0 aliphatic rings. The lowest BCUT2D eigenvalue weighted by atomic mass is 10.1. The number of hydrogen-bond acceptors (Lipinski definition) is 4. The molecular weight excluding hydrogens is 196 g/mol. The summed E-state index contributed by atoms with van der Waals surface area (Å²) in [6, 6.07) is -0.581. The Labute approximate surface area is 90.4 Å². The summed E-state index contributed by atoms with van der Waals surface area (Å²) in [5.74, 6) is -0.439. The fraction of sp³-hybridized carbons (Fsp3) is 0.800. The maximum Gasteiger partial charge on any atom is 0.305 e. The van der Waals surface area contributed by atoms with Crippen molar-refractivity contribution in [1.82, 2.24) is 5.32 Å². The van der Waals surface area contributed by atoms with E-state index >= 15 is 0 Å². The molecule has 0 saturated heterocycles. The average molecular weight is 216 g/mol. The summed E-state index contributed by atoms with van der Waals surface area (Å²) in [4.78, 5) is 22.2. The number of esters is 1. The zero-order valence-electron chi connectivity index (χ0n) is 9.58. The third-order valence-corrected chi connectivity index (χ3v) is 1.89. The molecule has 0 bridgehead atoms. The van der Waals surface area contributed by atoms with Gasteiger partial charge in [-0.25, -0.2) is 0 Å². The first-order valence-corrected chi connectivity index (χ1v) is 5.19. The summed E-state index contributed by atoms with van der Waals surface area (Å²) in [7, 11) is 0. The van der Waals surface area contributed by atoms with E-state index in [1.807, 2.05) is 6.92 Å².